The maximum atomic E-state index is 11.4. The third-order valence-electron chi connectivity index (χ3n) is 3.53. The van der Waals surface area contributed by atoms with Crippen LogP contribution < -0.4 is 0 Å². The summed E-state index contributed by atoms with van der Waals surface area (Å²) in [6.45, 7) is 6.71. The molecule has 0 aliphatic rings. The Hall–Kier alpha value is -2.10. The number of rotatable bonds is 4. The van der Waals surface area contributed by atoms with Gasteiger partial charge in [-0.2, -0.15) is 5.10 Å². The minimum atomic E-state index is -0.230. The molecule has 1 aromatic carbocycles. The first-order valence-corrected chi connectivity index (χ1v) is 6.66. The maximum Gasteiger partial charge on any atom is 0.310 e. The Bertz CT molecular complexity index is 612. The summed E-state index contributed by atoms with van der Waals surface area (Å²) in [5.41, 5.74) is 5.32. The van der Waals surface area contributed by atoms with Crippen molar-refractivity contribution in [3.63, 3.8) is 0 Å². The lowest BCUT2D eigenvalue weighted by Gasteiger charge is -2.06. The molecule has 2 aromatic rings. The Morgan fingerprint density at radius 1 is 1.20 bits per heavy atom. The molecule has 0 aliphatic heterocycles. The van der Waals surface area contributed by atoms with E-state index in [9.17, 15) is 4.79 Å². The number of hydrogen-bond acceptors (Lipinski definition) is 3. The van der Waals surface area contributed by atoms with Crippen molar-refractivity contribution in [1.82, 2.24) is 9.78 Å². The maximum absolute atomic E-state index is 11.4. The minimum Gasteiger partial charge on any atom is -0.469 e. The van der Waals surface area contributed by atoms with Gasteiger partial charge < -0.3 is 4.74 Å². The van der Waals surface area contributed by atoms with E-state index in [2.05, 4.69) is 36.3 Å². The Labute approximate surface area is 119 Å². The molecule has 1 aromatic heterocycles. The summed E-state index contributed by atoms with van der Waals surface area (Å²) < 4.78 is 6.67. The van der Waals surface area contributed by atoms with E-state index in [1.54, 1.807) is 0 Å². The first kappa shape index (κ1) is 14.3. The summed E-state index contributed by atoms with van der Waals surface area (Å²) in [5, 5.41) is 4.52. The number of nitrogens with zero attached hydrogens (tertiary/aromatic N) is 2. The van der Waals surface area contributed by atoms with Gasteiger partial charge in [0.15, 0.2) is 0 Å². The van der Waals surface area contributed by atoms with Crippen LogP contribution in [0.4, 0.5) is 0 Å². The molecule has 1 heterocycles. The van der Waals surface area contributed by atoms with Gasteiger partial charge in [-0.15, -0.1) is 0 Å². The molecule has 0 spiro atoms. The third kappa shape index (κ3) is 3.07. The van der Waals surface area contributed by atoms with E-state index < -0.39 is 0 Å². The van der Waals surface area contributed by atoms with Crippen molar-refractivity contribution in [1.29, 1.82) is 0 Å². The molecule has 0 unspecified atom stereocenters. The fourth-order valence-electron chi connectivity index (χ4n) is 2.23. The summed E-state index contributed by atoms with van der Waals surface area (Å²) in [6, 6.07) is 8.39. The molecule has 0 N–H and O–H groups in total. The van der Waals surface area contributed by atoms with Crippen LogP contribution in [0, 0.1) is 20.8 Å². The monoisotopic (exact) mass is 272 g/mol. The van der Waals surface area contributed by atoms with E-state index in [1.807, 2.05) is 18.5 Å². The quantitative estimate of drug-likeness (QED) is 0.803. The SMILES string of the molecule is COC(=O)Cc1c(C)nn(Cc2ccc(C)cc2)c1C. The zero-order chi connectivity index (χ0) is 14.7. The number of hydrogen-bond donors (Lipinski definition) is 0. The van der Waals surface area contributed by atoms with Crippen LogP contribution in [0.25, 0.3) is 0 Å². The van der Waals surface area contributed by atoms with Gasteiger partial charge in [0.1, 0.15) is 0 Å². The Balaban J connectivity index is 2.23. The van der Waals surface area contributed by atoms with Crippen molar-refractivity contribution < 1.29 is 9.53 Å². The van der Waals surface area contributed by atoms with E-state index in [0.29, 0.717) is 6.54 Å². The molecule has 106 valence electrons. The predicted octanol–water partition coefficient (Wildman–Crippen LogP) is 2.57. The zero-order valence-electron chi connectivity index (χ0n) is 12.4. The molecule has 0 amide bonds. The molecule has 0 saturated heterocycles. The van der Waals surface area contributed by atoms with Crippen molar-refractivity contribution in [3.05, 3.63) is 52.3 Å². The van der Waals surface area contributed by atoms with Crippen LogP contribution in [0.1, 0.15) is 28.1 Å². The van der Waals surface area contributed by atoms with Crippen molar-refractivity contribution in [2.24, 2.45) is 0 Å². The second-order valence-electron chi connectivity index (χ2n) is 5.05. The van der Waals surface area contributed by atoms with Gasteiger partial charge in [-0.3, -0.25) is 9.48 Å². The number of benzene rings is 1. The number of aromatic nitrogens is 2. The van der Waals surface area contributed by atoms with Crippen LogP contribution in [0.3, 0.4) is 0 Å². The molecule has 0 radical (unpaired) electrons. The van der Waals surface area contributed by atoms with Crippen LogP contribution in [0.2, 0.25) is 0 Å². The average molecular weight is 272 g/mol. The minimum absolute atomic E-state index is 0.230. The second kappa shape index (κ2) is 5.90. The summed E-state index contributed by atoms with van der Waals surface area (Å²) in [6.07, 6.45) is 0.280. The standard InChI is InChI=1S/C16H20N2O2/c1-11-5-7-14(8-6-11)10-18-13(3)15(12(2)17-18)9-16(19)20-4/h5-8H,9-10H2,1-4H3. The van der Waals surface area contributed by atoms with Gasteiger partial charge in [-0.05, 0) is 26.3 Å². The molecular formula is C16H20N2O2. The number of ether oxygens (including phenoxy) is 1. The van der Waals surface area contributed by atoms with Gasteiger partial charge in [-0.25, -0.2) is 0 Å². The van der Waals surface area contributed by atoms with E-state index >= 15 is 0 Å². The molecule has 4 nitrogen and oxygen atoms in total. The van der Waals surface area contributed by atoms with Gasteiger partial charge in [0.2, 0.25) is 0 Å². The van der Waals surface area contributed by atoms with E-state index in [0.717, 1.165) is 17.0 Å². The molecule has 0 saturated carbocycles. The lowest BCUT2D eigenvalue weighted by molar-refractivity contribution is -0.139. The van der Waals surface area contributed by atoms with Gasteiger partial charge in [-0.1, -0.05) is 29.8 Å². The van der Waals surface area contributed by atoms with E-state index in [1.165, 1.54) is 18.2 Å². The first-order chi connectivity index (χ1) is 9.51. The molecule has 4 heteroatoms. The first-order valence-electron chi connectivity index (χ1n) is 6.66. The molecule has 0 atom stereocenters. The molecule has 0 aliphatic carbocycles. The van der Waals surface area contributed by atoms with Crippen LogP contribution in [-0.4, -0.2) is 22.9 Å². The van der Waals surface area contributed by atoms with Crippen LogP contribution >= 0.6 is 0 Å². The zero-order valence-corrected chi connectivity index (χ0v) is 12.4. The average Bonchev–Trinajstić information content (AvgIpc) is 2.69. The van der Waals surface area contributed by atoms with Crippen molar-refractivity contribution in [2.75, 3.05) is 7.11 Å². The lowest BCUT2D eigenvalue weighted by Crippen LogP contribution is -2.07. The smallest absolute Gasteiger partial charge is 0.310 e. The number of methoxy groups -OCH3 is 1. The second-order valence-corrected chi connectivity index (χ2v) is 5.05. The fraction of sp³-hybridized carbons (Fsp3) is 0.375. The van der Waals surface area contributed by atoms with Gasteiger partial charge in [0.05, 0.1) is 25.8 Å². The third-order valence-corrected chi connectivity index (χ3v) is 3.53. The normalized spacial score (nSPS) is 10.6. The summed E-state index contributed by atoms with van der Waals surface area (Å²) in [5.74, 6) is -0.230. The number of esters is 1. The van der Waals surface area contributed by atoms with Gasteiger partial charge in [0.25, 0.3) is 0 Å². The Morgan fingerprint density at radius 3 is 2.45 bits per heavy atom. The molecule has 0 bridgehead atoms. The summed E-state index contributed by atoms with van der Waals surface area (Å²) >= 11 is 0. The predicted molar refractivity (Wildman–Crippen MR) is 77.7 cm³/mol. The van der Waals surface area contributed by atoms with Gasteiger partial charge in [0, 0.05) is 11.3 Å². The molecular weight excluding hydrogens is 252 g/mol. The van der Waals surface area contributed by atoms with Crippen LogP contribution in [0.15, 0.2) is 24.3 Å². The summed E-state index contributed by atoms with van der Waals surface area (Å²) in [4.78, 5) is 11.4. The van der Waals surface area contributed by atoms with Crippen LogP contribution in [0.5, 0.6) is 0 Å². The Kier molecular flexibility index (Phi) is 4.23. The van der Waals surface area contributed by atoms with E-state index in [4.69, 9.17) is 4.74 Å². The fourth-order valence-corrected chi connectivity index (χ4v) is 2.23. The summed E-state index contributed by atoms with van der Waals surface area (Å²) in [7, 11) is 1.41. The highest BCUT2D eigenvalue weighted by atomic mass is 16.5. The number of carbonyl (C=O) groups is 1. The largest absolute Gasteiger partial charge is 0.469 e. The number of carbonyl (C=O) groups excluding carboxylic acids is 1. The molecule has 2 rings (SSSR count). The highest BCUT2D eigenvalue weighted by molar-refractivity contribution is 5.73. The molecule has 0 fully saturated rings. The number of aryl methyl sites for hydroxylation is 2. The van der Waals surface area contributed by atoms with Crippen molar-refractivity contribution >= 4 is 5.97 Å². The van der Waals surface area contributed by atoms with Gasteiger partial charge >= 0.3 is 5.97 Å². The molecule has 20 heavy (non-hydrogen) atoms. The van der Waals surface area contributed by atoms with Crippen molar-refractivity contribution in [3.8, 4) is 0 Å². The highest BCUT2D eigenvalue weighted by Gasteiger charge is 2.15. The Morgan fingerprint density at radius 2 is 1.85 bits per heavy atom. The topological polar surface area (TPSA) is 44.1 Å². The highest BCUT2D eigenvalue weighted by Crippen LogP contribution is 2.16. The van der Waals surface area contributed by atoms with Crippen molar-refractivity contribution in [2.45, 2.75) is 33.7 Å². The lowest BCUT2D eigenvalue weighted by atomic mass is 10.1. The van der Waals surface area contributed by atoms with E-state index in [-0.39, 0.29) is 12.4 Å². The van der Waals surface area contributed by atoms with Crippen LogP contribution in [-0.2, 0) is 22.5 Å².